The highest BCUT2D eigenvalue weighted by atomic mass is 19.4. The van der Waals surface area contributed by atoms with E-state index >= 15 is 0 Å². The maximum atomic E-state index is 12.9. The number of alkyl halides is 3. The molecule has 0 aliphatic carbocycles. The van der Waals surface area contributed by atoms with Crippen LogP contribution in [0.3, 0.4) is 0 Å². The summed E-state index contributed by atoms with van der Waals surface area (Å²) in [6.45, 7) is 8.19. The fourth-order valence-corrected chi connectivity index (χ4v) is 3.85. The third-order valence-electron chi connectivity index (χ3n) is 4.97. The molecule has 0 saturated carbocycles. The molecule has 0 aromatic heterocycles. The second-order valence-electron chi connectivity index (χ2n) is 7.91. The van der Waals surface area contributed by atoms with E-state index < -0.39 is 11.7 Å². The molecule has 0 bridgehead atoms. The van der Waals surface area contributed by atoms with Gasteiger partial charge in [0.15, 0.2) is 0 Å². The monoisotopic (exact) mass is 362 g/mol. The van der Waals surface area contributed by atoms with E-state index in [1.165, 1.54) is 12.1 Å². The highest BCUT2D eigenvalue weighted by molar-refractivity contribution is 5.54. The maximum Gasteiger partial charge on any atom is 0.416 e. The molecule has 1 aliphatic heterocycles. The summed E-state index contributed by atoms with van der Waals surface area (Å²) < 4.78 is 38.6. The van der Waals surface area contributed by atoms with Crippen molar-refractivity contribution >= 4 is 11.4 Å². The fourth-order valence-electron chi connectivity index (χ4n) is 3.85. The van der Waals surface area contributed by atoms with Crippen molar-refractivity contribution < 1.29 is 13.2 Å². The molecule has 1 aliphatic rings. The number of hydrogen-bond acceptors (Lipinski definition) is 2. The lowest BCUT2D eigenvalue weighted by molar-refractivity contribution is -0.137. The molecule has 0 N–H and O–H groups in total. The zero-order valence-corrected chi connectivity index (χ0v) is 15.4. The molecule has 2 nitrogen and oxygen atoms in total. The summed E-state index contributed by atoms with van der Waals surface area (Å²) in [6, 6.07) is 15.9. The molecule has 0 radical (unpaired) electrons. The summed E-state index contributed by atoms with van der Waals surface area (Å²) >= 11 is 0. The topological polar surface area (TPSA) is 6.48 Å². The smallest absolute Gasteiger partial charge is 0.353 e. The van der Waals surface area contributed by atoms with Gasteiger partial charge in [-0.25, -0.2) is 0 Å². The summed E-state index contributed by atoms with van der Waals surface area (Å²) in [7, 11) is 0. The van der Waals surface area contributed by atoms with Crippen LogP contribution in [0.5, 0.6) is 0 Å². The molecule has 1 fully saturated rings. The van der Waals surface area contributed by atoms with Crippen LogP contribution in [0.1, 0.15) is 32.8 Å². The molecule has 140 valence electrons. The Morgan fingerprint density at radius 3 is 2.12 bits per heavy atom. The van der Waals surface area contributed by atoms with Crippen molar-refractivity contribution in [3.8, 4) is 0 Å². The minimum absolute atomic E-state index is 0.107. The second-order valence-corrected chi connectivity index (χ2v) is 7.91. The van der Waals surface area contributed by atoms with Crippen LogP contribution in [0.2, 0.25) is 0 Å². The van der Waals surface area contributed by atoms with Gasteiger partial charge in [-0.2, -0.15) is 13.2 Å². The fraction of sp³-hybridized carbons (Fsp3) is 0.429. The Bertz CT molecular complexity index is 723. The van der Waals surface area contributed by atoms with Crippen molar-refractivity contribution in [3.63, 3.8) is 0 Å². The predicted molar refractivity (Wildman–Crippen MR) is 100 cm³/mol. The summed E-state index contributed by atoms with van der Waals surface area (Å²) in [5.74, 6) is 0. The third kappa shape index (κ3) is 4.14. The number of para-hydroxylation sites is 1. The Morgan fingerprint density at radius 1 is 0.923 bits per heavy atom. The first kappa shape index (κ1) is 18.6. The lowest BCUT2D eigenvalue weighted by atomic mass is 9.86. The summed E-state index contributed by atoms with van der Waals surface area (Å²) in [5, 5.41) is 0. The molecule has 5 heteroatoms. The summed E-state index contributed by atoms with van der Waals surface area (Å²) in [6.07, 6.45) is -3.33. The van der Waals surface area contributed by atoms with Crippen LogP contribution in [0.25, 0.3) is 0 Å². The zero-order chi connectivity index (χ0) is 18.9. The van der Waals surface area contributed by atoms with Crippen molar-refractivity contribution in [2.24, 2.45) is 5.41 Å². The molecular formula is C21H25F3N2. The Kier molecular flexibility index (Phi) is 4.91. The van der Waals surface area contributed by atoms with Gasteiger partial charge < -0.3 is 9.80 Å². The molecule has 1 heterocycles. The van der Waals surface area contributed by atoms with Crippen LogP contribution in [-0.4, -0.2) is 19.3 Å². The van der Waals surface area contributed by atoms with Gasteiger partial charge in [0.25, 0.3) is 0 Å². The number of benzene rings is 2. The highest BCUT2D eigenvalue weighted by Crippen LogP contribution is 2.35. The second kappa shape index (κ2) is 6.86. The molecule has 1 atom stereocenters. The molecule has 2 aromatic carbocycles. The molecule has 1 saturated heterocycles. The molecule has 2 aromatic rings. The first-order valence-electron chi connectivity index (χ1n) is 8.90. The third-order valence-corrected chi connectivity index (χ3v) is 4.97. The van der Waals surface area contributed by atoms with Gasteiger partial charge in [0.2, 0.25) is 0 Å². The molecule has 0 spiro atoms. The van der Waals surface area contributed by atoms with Gasteiger partial charge in [-0.15, -0.1) is 0 Å². The number of hydrogen-bond donors (Lipinski definition) is 0. The molecule has 3 rings (SSSR count). The average Bonchev–Trinajstić information content (AvgIpc) is 2.70. The predicted octanol–water partition coefficient (Wildman–Crippen LogP) is 5.79. The van der Waals surface area contributed by atoms with Gasteiger partial charge in [-0.3, -0.25) is 0 Å². The highest BCUT2D eigenvalue weighted by Gasteiger charge is 2.34. The van der Waals surface area contributed by atoms with E-state index in [-0.39, 0.29) is 11.5 Å². The van der Waals surface area contributed by atoms with Crippen molar-refractivity contribution in [2.45, 2.75) is 39.4 Å². The Labute approximate surface area is 153 Å². The Balaban J connectivity index is 1.92. The van der Waals surface area contributed by atoms with E-state index in [9.17, 15) is 13.2 Å². The minimum atomic E-state index is -4.30. The van der Waals surface area contributed by atoms with Gasteiger partial charge in [-0.1, -0.05) is 32.0 Å². The number of rotatable bonds is 2. The van der Waals surface area contributed by atoms with E-state index in [2.05, 4.69) is 42.7 Å². The van der Waals surface area contributed by atoms with Crippen LogP contribution in [-0.2, 0) is 6.18 Å². The Morgan fingerprint density at radius 2 is 1.54 bits per heavy atom. The van der Waals surface area contributed by atoms with Crippen molar-refractivity contribution in [1.29, 1.82) is 0 Å². The van der Waals surface area contributed by atoms with Crippen LogP contribution in [0.15, 0.2) is 54.6 Å². The molecular weight excluding hydrogens is 337 g/mol. The van der Waals surface area contributed by atoms with Gasteiger partial charge in [-0.05, 0) is 55.2 Å². The largest absolute Gasteiger partial charge is 0.416 e. The quantitative estimate of drug-likeness (QED) is 0.667. The van der Waals surface area contributed by atoms with Crippen LogP contribution in [0.4, 0.5) is 24.5 Å². The number of anilines is 2. The van der Waals surface area contributed by atoms with Gasteiger partial charge in [0, 0.05) is 24.0 Å². The molecule has 26 heavy (non-hydrogen) atoms. The van der Waals surface area contributed by atoms with Gasteiger partial charge >= 0.3 is 6.18 Å². The first-order valence-corrected chi connectivity index (χ1v) is 8.90. The van der Waals surface area contributed by atoms with Crippen LogP contribution >= 0.6 is 0 Å². The minimum Gasteiger partial charge on any atom is -0.353 e. The van der Waals surface area contributed by atoms with E-state index in [0.717, 1.165) is 24.3 Å². The van der Waals surface area contributed by atoms with Crippen molar-refractivity contribution in [1.82, 2.24) is 0 Å². The number of halogens is 3. The maximum absolute atomic E-state index is 12.9. The van der Waals surface area contributed by atoms with E-state index in [4.69, 9.17) is 0 Å². The summed E-state index contributed by atoms with van der Waals surface area (Å²) in [4.78, 5) is 4.50. The van der Waals surface area contributed by atoms with E-state index in [1.807, 2.05) is 18.2 Å². The molecule has 1 unspecified atom stereocenters. The molecule has 0 amide bonds. The Hall–Kier alpha value is -2.17. The lowest BCUT2D eigenvalue weighted by Gasteiger charge is -2.34. The van der Waals surface area contributed by atoms with E-state index in [0.29, 0.717) is 6.67 Å². The van der Waals surface area contributed by atoms with Gasteiger partial charge in [0.1, 0.15) is 0 Å². The average molecular weight is 362 g/mol. The SMILES string of the molecule is CC1CC(C)(C)CN(c2ccccc2)CN1c1ccc(C(F)(F)F)cc1. The zero-order valence-electron chi connectivity index (χ0n) is 15.4. The van der Waals surface area contributed by atoms with E-state index in [1.54, 1.807) is 12.1 Å². The van der Waals surface area contributed by atoms with Crippen LogP contribution in [0, 0.1) is 5.41 Å². The van der Waals surface area contributed by atoms with Crippen LogP contribution < -0.4 is 9.80 Å². The standard InChI is InChI=1S/C21H25F3N2/c1-16-13-20(2,3)14-25(18-7-5-4-6-8-18)15-26(16)19-11-9-17(10-12-19)21(22,23)24/h4-12,16H,13-15H2,1-3H3. The van der Waals surface area contributed by atoms with Crippen molar-refractivity contribution in [3.05, 3.63) is 60.2 Å². The lowest BCUT2D eigenvalue weighted by Crippen LogP contribution is -2.40. The van der Waals surface area contributed by atoms with Crippen molar-refractivity contribution in [2.75, 3.05) is 23.0 Å². The summed E-state index contributed by atoms with van der Waals surface area (Å²) in [5.41, 5.74) is 1.45. The van der Waals surface area contributed by atoms with Gasteiger partial charge in [0.05, 0.1) is 12.2 Å². The first-order chi connectivity index (χ1) is 12.2. The normalized spacial score (nSPS) is 20.8. The number of nitrogens with zero attached hydrogens (tertiary/aromatic N) is 2.